The third-order valence-electron chi connectivity index (χ3n) is 16.4. The van der Waals surface area contributed by atoms with Crippen LogP contribution in [0, 0.1) is 5.82 Å². The number of rotatable bonds is 11. The SMILES string of the molecule is CC(C)[Si](c1cc(-c2ccc3c(c2)c2cc(-c4cc([Si](C(C)C)(C(C)C)C(C)C)cc5c4[nH]c4ccccc45)ccc2n3-c2ccc(F)cc2)c2[nH]c3ccccc3c2c1)(C(C)C)C(C)C. The van der Waals surface area contributed by atoms with Gasteiger partial charge in [-0.2, -0.15) is 0 Å². The fourth-order valence-corrected chi connectivity index (χ4v) is 27.7. The zero-order chi connectivity index (χ0) is 46.6. The van der Waals surface area contributed by atoms with E-state index in [1.807, 2.05) is 12.1 Å². The molecule has 66 heavy (non-hydrogen) atoms. The first-order valence-electron chi connectivity index (χ1n) is 24.5. The Morgan fingerprint density at radius 2 is 0.773 bits per heavy atom. The van der Waals surface area contributed by atoms with Gasteiger partial charge in [-0.3, -0.25) is 0 Å². The summed E-state index contributed by atoms with van der Waals surface area (Å²) in [5.41, 5.74) is 16.2. The molecule has 0 aliphatic heterocycles. The number of benzene rings is 7. The number of hydrogen-bond donors (Lipinski definition) is 2. The van der Waals surface area contributed by atoms with E-state index in [0.29, 0.717) is 33.2 Å². The first-order chi connectivity index (χ1) is 31.6. The molecule has 0 atom stereocenters. The van der Waals surface area contributed by atoms with E-state index in [-0.39, 0.29) is 5.82 Å². The lowest BCUT2D eigenvalue weighted by molar-refractivity contribution is 0.627. The maximum atomic E-state index is 14.6. The molecule has 7 aromatic carbocycles. The van der Waals surface area contributed by atoms with Gasteiger partial charge in [0.25, 0.3) is 0 Å². The van der Waals surface area contributed by atoms with Gasteiger partial charge in [-0.1, -0.05) is 166 Å². The average Bonchev–Trinajstić information content (AvgIpc) is 3.95. The van der Waals surface area contributed by atoms with Gasteiger partial charge in [0.2, 0.25) is 0 Å². The number of fused-ring (bicyclic) bond motifs is 9. The molecule has 0 saturated heterocycles. The summed E-state index contributed by atoms with van der Waals surface area (Å²) in [5.74, 6) is -0.235. The monoisotopic (exact) mass is 903 g/mol. The van der Waals surface area contributed by atoms with Gasteiger partial charge in [-0.25, -0.2) is 4.39 Å². The van der Waals surface area contributed by atoms with Crippen LogP contribution in [0.25, 0.3) is 93.4 Å². The van der Waals surface area contributed by atoms with Crippen molar-refractivity contribution < 1.29 is 4.39 Å². The summed E-state index contributed by atoms with van der Waals surface area (Å²) in [7, 11) is -4.11. The van der Waals surface area contributed by atoms with Crippen molar-refractivity contribution in [2.75, 3.05) is 0 Å². The second-order valence-electron chi connectivity index (χ2n) is 21.3. The minimum Gasteiger partial charge on any atom is -0.354 e. The van der Waals surface area contributed by atoms with E-state index in [1.165, 1.54) is 87.0 Å². The first-order valence-corrected chi connectivity index (χ1v) is 29.0. The van der Waals surface area contributed by atoms with Gasteiger partial charge in [0.05, 0.1) is 38.2 Å². The number of H-pyrrole nitrogens is 2. The highest BCUT2D eigenvalue weighted by atomic mass is 28.3. The van der Waals surface area contributed by atoms with Crippen LogP contribution in [-0.2, 0) is 0 Å². The molecule has 336 valence electrons. The number of para-hydroxylation sites is 2. The Bertz CT molecular complexity index is 3220. The summed E-state index contributed by atoms with van der Waals surface area (Å²) in [4.78, 5) is 7.81. The van der Waals surface area contributed by atoms with Gasteiger partial charge in [0, 0.05) is 60.2 Å². The number of hydrogen-bond acceptors (Lipinski definition) is 0. The zero-order valence-electron chi connectivity index (χ0n) is 41.0. The van der Waals surface area contributed by atoms with Crippen LogP contribution in [0.1, 0.15) is 83.1 Å². The molecule has 2 N–H and O–H groups in total. The molecule has 0 saturated carbocycles. The van der Waals surface area contributed by atoms with E-state index >= 15 is 0 Å². The van der Waals surface area contributed by atoms with Crippen LogP contribution in [0.2, 0.25) is 33.2 Å². The fourth-order valence-electron chi connectivity index (χ4n) is 14.1. The van der Waals surface area contributed by atoms with E-state index in [1.54, 1.807) is 12.1 Å². The summed E-state index contributed by atoms with van der Waals surface area (Å²) in [6.07, 6.45) is 0. The van der Waals surface area contributed by atoms with Gasteiger partial charge in [-0.15, -0.1) is 0 Å². The van der Waals surface area contributed by atoms with Crippen LogP contribution < -0.4 is 10.4 Å². The molecule has 0 amide bonds. The van der Waals surface area contributed by atoms with Crippen LogP contribution in [0.5, 0.6) is 0 Å². The van der Waals surface area contributed by atoms with Crippen molar-refractivity contribution in [2.24, 2.45) is 0 Å². The Hall–Kier alpha value is -5.70. The Morgan fingerprint density at radius 3 is 1.15 bits per heavy atom. The van der Waals surface area contributed by atoms with E-state index in [2.05, 4.69) is 207 Å². The largest absolute Gasteiger partial charge is 0.354 e. The third-order valence-corrected chi connectivity index (χ3v) is 30.5. The quantitative estimate of drug-likeness (QED) is 0.121. The van der Waals surface area contributed by atoms with Crippen molar-refractivity contribution in [1.82, 2.24) is 14.5 Å². The van der Waals surface area contributed by atoms with Crippen molar-refractivity contribution in [3.8, 4) is 27.9 Å². The van der Waals surface area contributed by atoms with Gasteiger partial charge in [-0.05, 0) is 105 Å². The molecular weight excluding hydrogens is 838 g/mol. The fraction of sp³-hybridized carbons (Fsp3) is 0.300. The molecule has 0 unspecified atom stereocenters. The molecule has 6 heteroatoms. The molecule has 0 aliphatic carbocycles. The smallest absolute Gasteiger partial charge is 0.123 e. The van der Waals surface area contributed by atoms with Crippen LogP contribution in [0.15, 0.2) is 133 Å². The Morgan fingerprint density at radius 1 is 0.394 bits per heavy atom. The van der Waals surface area contributed by atoms with E-state index in [4.69, 9.17) is 0 Å². The number of aromatic nitrogens is 3. The number of nitrogens with one attached hydrogen (secondary N) is 2. The summed E-state index contributed by atoms with van der Waals surface area (Å²) in [5, 5.41) is 10.6. The van der Waals surface area contributed by atoms with Gasteiger partial charge in [0.1, 0.15) is 5.82 Å². The summed E-state index contributed by atoms with van der Waals surface area (Å²) in [6.45, 7) is 29.6. The number of nitrogens with zero attached hydrogens (tertiary/aromatic N) is 1. The molecule has 3 aromatic heterocycles. The molecule has 3 nitrogen and oxygen atoms in total. The topological polar surface area (TPSA) is 36.5 Å². The standard InChI is InChI=1S/C60H66FN3Si2/c1-35(2)65(36(3)4,37(5)6)45-31-49(59-53(33-45)47-17-13-15-19-55(47)62-59)41-21-27-57-51(29-41)52-30-42(22-28-58(52)64(57)44-25-23-43(61)24-26-44)50-32-46(66(38(7)8,39(9)10)40(11)12)34-54-48-18-14-16-20-56(48)63-60(50)54/h13-40,62-63H,1-12H3. The second kappa shape index (κ2) is 16.3. The third kappa shape index (κ3) is 6.45. The number of halogens is 1. The van der Waals surface area contributed by atoms with Crippen molar-refractivity contribution in [2.45, 2.75) is 116 Å². The summed E-state index contributed by atoms with van der Waals surface area (Å²) < 4.78 is 16.9. The molecule has 10 rings (SSSR count). The maximum Gasteiger partial charge on any atom is 0.123 e. The maximum absolute atomic E-state index is 14.6. The first kappa shape index (κ1) is 44.2. The van der Waals surface area contributed by atoms with Crippen molar-refractivity contribution in [3.05, 3.63) is 139 Å². The van der Waals surface area contributed by atoms with Crippen LogP contribution >= 0.6 is 0 Å². The highest BCUT2D eigenvalue weighted by Crippen LogP contribution is 2.47. The number of aromatic amines is 2. The lowest BCUT2D eigenvalue weighted by Gasteiger charge is -2.44. The summed E-state index contributed by atoms with van der Waals surface area (Å²) >= 11 is 0. The van der Waals surface area contributed by atoms with E-state index in [0.717, 1.165) is 16.7 Å². The molecule has 10 aromatic rings. The highest BCUT2D eigenvalue weighted by molar-refractivity contribution is 6.95. The Labute approximate surface area is 392 Å². The minimum atomic E-state index is -2.06. The van der Waals surface area contributed by atoms with Crippen LogP contribution in [0.3, 0.4) is 0 Å². The minimum absolute atomic E-state index is 0.235. The van der Waals surface area contributed by atoms with Crippen molar-refractivity contribution in [3.63, 3.8) is 0 Å². The van der Waals surface area contributed by atoms with Crippen LogP contribution in [-0.4, -0.2) is 30.7 Å². The van der Waals surface area contributed by atoms with Gasteiger partial charge < -0.3 is 14.5 Å². The second-order valence-corrected chi connectivity index (χ2v) is 33.1. The molecule has 0 spiro atoms. The van der Waals surface area contributed by atoms with Gasteiger partial charge >= 0.3 is 0 Å². The highest BCUT2D eigenvalue weighted by Gasteiger charge is 2.46. The normalized spacial score (nSPS) is 13.1. The Kier molecular flexibility index (Phi) is 10.9. The molecule has 0 radical (unpaired) electrons. The average molecular weight is 904 g/mol. The van der Waals surface area contributed by atoms with Gasteiger partial charge in [0.15, 0.2) is 0 Å². The van der Waals surface area contributed by atoms with Crippen LogP contribution in [0.4, 0.5) is 4.39 Å². The lowest BCUT2D eigenvalue weighted by atomic mass is 9.98. The van der Waals surface area contributed by atoms with Crippen molar-refractivity contribution >= 4 is 91.9 Å². The molecule has 0 fully saturated rings. The summed E-state index contributed by atoms with van der Waals surface area (Å²) in [6, 6.07) is 49.0. The molecule has 0 aliphatic rings. The lowest BCUT2D eigenvalue weighted by Crippen LogP contribution is -2.55. The molecular formula is C60H66FN3Si2. The zero-order valence-corrected chi connectivity index (χ0v) is 43.0. The molecule has 3 heterocycles. The Balaban J connectivity index is 1.29. The predicted molar refractivity (Wildman–Crippen MR) is 292 cm³/mol. The predicted octanol–water partition coefficient (Wildman–Crippen LogP) is 17.3. The van der Waals surface area contributed by atoms with Crippen molar-refractivity contribution in [1.29, 1.82) is 0 Å². The van der Waals surface area contributed by atoms with E-state index < -0.39 is 16.1 Å². The van der Waals surface area contributed by atoms with E-state index in [9.17, 15) is 4.39 Å². The molecule has 0 bridgehead atoms.